The average Bonchev–Trinajstić information content (AvgIpc) is 2.17. The van der Waals surface area contributed by atoms with E-state index < -0.39 is 0 Å². The van der Waals surface area contributed by atoms with E-state index in [0.717, 1.165) is 10.0 Å². The van der Waals surface area contributed by atoms with Gasteiger partial charge in [-0.25, -0.2) is 0 Å². The van der Waals surface area contributed by atoms with Gasteiger partial charge in [-0.3, -0.25) is 4.79 Å². The molecule has 15 heavy (non-hydrogen) atoms. The van der Waals surface area contributed by atoms with Gasteiger partial charge >= 0.3 is 5.97 Å². The molecule has 0 spiro atoms. The van der Waals surface area contributed by atoms with E-state index in [-0.39, 0.29) is 5.97 Å². The first-order valence-corrected chi connectivity index (χ1v) is 5.90. The van der Waals surface area contributed by atoms with Crippen LogP contribution in [-0.2, 0) is 16.0 Å². The number of carbonyl (C=O) groups excluding carboxylic acids is 1. The van der Waals surface area contributed by atoms with Gasteiger partial charge in [0.05, 0.1) is 6.61 Å². The minimum Gasteiger partial charge on any atom is -0.466 e. The zero-order chi connectivity index (χ0) is 11.3. The molecular formula is C11H12BrClO2. The first-order chi connectivity index (χ1) is 7.13. The second-order valence-electron chi connectivity index (χ2n) is 3.04. The molecule has 0 amide bonds. The van der Waals surface area contributed by atoms with E-state index in [9.17, 15) is 4.79 Å². The monoisotopic (exact) mass is 290 g/mol. The average molecular weight is 292 g/mol. The molecule has 82 valence electrons. The summed E-state index contributed by atoms with van der Waals surface area (Å²) in [6, 6.07) is 5.54. The zero-order valence-corrected chi connectivity index (χ0v) is 10.8. The van der Waals surface area contributed by atoms with Crippen LogP contribution in [0.15, 0.2) is 22.7 Å². The van der Waals surface area contributed by atoms with Gasteiger partial charge in [-0.05, 0) is 31.0 Å². The number of ether oxygens (including phenoxy) is 1. The first kappa shape index (κ1) is 12.5. The predicted molar refractivity (Wildman–Crippen MR) is 64.1 cm³/mol. The normalized spacial score (nSPS) is 10.1. The molecule has 0 unspecified atom stereocenters. The molecule has 1 aromatic carbocycles. The maximum atomic E-state index is 11.1. The maximum Gasteiger partial charge on any atom is 0.306 e. The van der Waals surface area contributed by atoms with Crippen molar-refractivity contribution < 1.29 is 9.53 Å². The predicted octanol–water partition coefficient (Wildman–Crippen LogP) is 3.60. The first-order valence-electron chi connectivity index (χ1n) is 4.73. The minimum atomic E-state index is -0.167. The molecule has 0 saturated carbocycles. The van der Waals surface area contributed by atoms with Crippen molar-refractivity contribution in [1.29, 1.82) is 0 Å². The highest BCUT2D eigenvalue weighted by molar-refractivity contribution is 9.10. The van der Waals surface area contributed by atoms with Gasteiger partial charge in [0.25, 0.3) is 0 Å². The Kier molecular flexibility index (Phi) is 5.12. The number of carbonyl (C=O) groups is 1. The van der Waals surface area contributed by atoms with Crippen LogP contribution < -0.4 is 0 Å². The van der Waals surface area contributed by atoms with Crippen LogP contribution in [-0.4, -0.2) is 12.6 Å². The number of hydrogen-bond acceptors (Lipinski definition) is 2. The van der Waals surface area contributed by atoms with Crippen LogP contribution >= 0.6 is 27.5 Å². The molecule has 1 rings (SSSR count). The van der Waals surface area contributed by atoms with Crippen LogP contribution in [0.2, 0.25) is 5.02 Å². The molecule has 1 aromatic rings. The lowest BCUT2D eigenvalue weighted by Crippen LogP contribution is -2.05. The Labute approximate surface area is 103 Å². The maximum absolute atomic E-state index is 11.1. The van der Waals surface area contributed by atoms with E-state index in [1.54, 1.807) is 6.92 Å². The Balaban J connectivity index is 2.54. The SMILES string of the molecule is CCOC(=O)CCc1ccc(Cl)cc1Br. The van der Waals surface area contributed by atoms with Crippen molar-refractivity contribution in [1.82, 2.24) is 0 Å². The van der Waals surface area contributed by atoms with Gasteiger partial charge in [-0.15, -0.1) is 0 Å². The van der Waals surface area contributed by atoms with Gasteiger partial charge in [-0.1, -0.05) is 33.6 Å². The van der Waals surface area contributed by atoms with Crippen LogP contribution in [0.5, 0.6) is 0 Å². The van der Waals surface area contributed by atoms with Crippen LogP contribution in [0.3, 0.4) is 0 Å². The molecule has 0 aliphatic rings. The summed E-state index contributed by atoms with van der Waals surface area (Å²) < 4.78 is 5.78. The lowest BCUT2D eigenvalue weighted by atomic mass is 10.1. The van der Waals surface area contributed by atoms with Crippen molar-refractivity contribution in [3.05, 3.63) is 33.3 Å². The molecule has 0 aromatic heterocycles. The molecule has 0 N–H and O–H groups in total. The third-order valence-electron chi connectivity index (χ3n) is 1.92. The van der Waals surface area contributed by atoms with E-state index in [2.05, 4.69) is 15.9 Å². The van der Waals surface area contributed by atoms with Crippen molar-refractivity contribution in [3.8, 4) is 0 Å². The standard InChI is InChI=1S/C11H12BrClO2/c1-2-15-11(14)6-4-8-3-5-9(13)7-10(8)12/h3,5,7H,2,4,6H2,1H3. The van der Waals surface area contributed by atoms with Gasteiger partial charge in [0.1, 0.15) is 0 Å². The fourth-order valence-corrected chi connectivity index (χ4v) is 2.08. The van der Waals surface area contributed by atoms with Crippen LogP contribution in [0.25, 0.3) is 0 Å². The molecule has 2 nitrogen and oxygen atoms in total. The number of hydrogen-bond donors (Lipinski definition) is 0. The second kappa shape index (κ2) is 6.13. The van der Waals surface area contributed by atoms with E-state index in [0.29, 0.717) is 24.5 Å². The van der Waals surface area contributed by atoms with Crippen molar-refractivity contribution >= 4 is 33.5 Å². The lowest BCUT2D eigenvalue weighted by molar-refractivity contribution is -0.143. The highest BCUT2D eigenvalue weighted by Crippen LogP contribution is 2.22. The Morgan fingerprint density at radius 3 is 2.87 bits per heavy atom. The Hall–Kier alpha value is -0.540. The molecule has 0 fully saturated rings. The van der Waals surface area contributed by atoms with E-state index in [1.165, 1.54) is 0 Å². The quantitative estimate of drug-likeness (QED) is 0.792. The smallest absolute Gasteiger partial charge is 0.306 e. The summed E-state index contributed by atoms with van der Waals surface area (Å²) in [5, 5.41) is 0.682. The molecule has 0 radical (unpaired) electrons. The molecule has 0 aliphatic heterocycles. The molecule has 0 atom stereocenters. The van der Waals surface area contributed by atoms with Gasteiger partial charge < -0.3 is 4.74 Å². The fraction of sp³-hybridized carbons (Fsp3) is 0.364. The van der Waals surface area contributed by atoms with Gasteiger partial charge in [0, 0.05) is 15.9 Å². The van der Waals surface area contributed by atoms with E-state index in [4.69, 9.17) is 16.3 Å². The summed E-state index contributed by atoms with van der Waals surface area (Å²) in [6.45, 7) is 2.23. The summed E-state index contributed by atoms with van der Waals surface area (Å²) in [5.74, 6) is -0.167. The number of halogens is 2. The van der Waals surface area contributed by atoms with Crippen LogP contribution in [0.4, 0.5) is 0 Å². The van der Waals surface area contributed by atoms with E-state index in [1.807, 2.05) is 18.2 Å². The van der Waals surface area contributed by atoms with Crippen molar-refractivity contribution in [3.63, 3.8) is 0 Å². The van der Waals surface area contributed by atoms with Gasteiger partial charge in [-0.2, -0.15) is 0 Å². The van der Waals surface area contributed by atoms with Gasteiger partial charge in [0.15, 0.2) is 0 Å². The van der Waals surface area contributed by atoms with Gasteiger partial charge in [0.2, 0.25) is 0 Å². The van der Waals surface area contributed by atoms with Crippen molar-refractivity contribution in [2.75, 3.05) is 6.61 Å². The Bertz CT molecular complexity index is 352. The highest BCUT2D eigenvalue weighted by atomic mass is 79.9. The number of benzene rings is 1. The summed E-state index contributed by atoms with van der Waals surface area (Å²) in [6.07, 6.45) is 1.06. The van der Waals surface area contributed by atoms with Crippen molar-refractivity contribution in [2.24, 2.45) is 0 Å². The summed E-state index contributed by atoms with van der Waals surface area (Å²) in [5.41, 5.74) is 1.06. The fourth-order valence-electron chi connectivity index (χ4n) is 1.19. The number of esters is 1. The third kappa shape index (κ3) is 4.22. The summed E-state index contributed by atoms with van der Waals surface area (Å²) >= 11 is 9.21. The van der Waals surface area contributed by atoms with E-state index >= 15 is 0 Å². The largest absolute Gasteiger partial charge is 0.466 e. The second-order valence-corrected chi connectivity index (χ2v) is 4.33. The molecule has 4 heteroatoms. The minimum absolute atomic E-state index is 0.167. The topological polar surface area (TPSA) is 26.3 Å². The molecule has 0 heterocycles. The van der Waals surface area contributed by atoms with Crippen LogP contribution in [0.1, 0.15) is 18.9 Å². The summed E-state index contributed by atoms with van der Waals surface area (Å²) in [4.78, 5) is 11.1. The molecule has 0 saturated heterocycles. The van der Waals surface area contributed by atoms with Crippen molar-refractivity contribution in [2.45, 2.75) is 19.8 Å². The third-order valence-corrected chi connectivity index (χ3v) is 2.89. The zero-order valence-electron chi connectivity index (χ0n) is 8.43. The molecule has 0 bridgehead atoms. The Morgan fingerprint density at radius 1 is 1.53 bits per heavy atom. The number of aryl methyl sites for hydroxylation is 1. The number of rotatable bonds is 4. The molecule has 0 aliphatic carbocycles. The highest BCUT2D eigenvalue weighted by Gasteiger charge is 2.05. The lowest BCUT2D eigenvalue weighted by Gasteiger charge is -2.04. The summed E-state index contributed by atoms with van der Waals surface area (Å²) in [7, 11) is 0. The Morgan fingerprint density at radius 2 is 2.27 bits per heavy atom. The van der Waals surface area contributed by atoms with Crippen LogP contribution in [0, 0.1) is 0 Å². The molecular weight excluding hydrogens is 279 g/mol.